The van der Waals surface area contributed by atoms with Gasteiger partial charge in [0.2, 0.25) is 0 Å². The minimum atomic E-state index is -0.499. The first-order valence-electron chi connectivity index (χ1n) is 11.5. The molecule has 3 rings (SSSR count). The van der Waals surface area contributed by atoms with Crippen LogP contribution in [0.1, 0.15) is 61.9 Å². The van der Waals surface area contributed by atoms with E-state index in [2.05, 4.69) is 6.92 Å². The molecule has 6 heteroatoms. The molecule has 0 aliphatic carbocycles. The van der Waals surface area contributed by atoms with Crippen LogP contribution in [0.2, 0.25) is 5.02 Å². The summed E-state index contributed by atoms with van der Waals surface area (Å²) in [4.78, 5) is 12.6. The minimum Gasteiger partial charge on any atom is -0.456 e. The predicted molar refractivity (Wildman–Crippen MR) is 125 cm³/mol. The summed E-state index contributed by atoms with van der Waals surface area (Å²) in [6, 6.07) is 16.5. The van der Waals surface area contributed by atoms with Crippen molar-refractivity contribution in [3.8, 4) is 0 Å². The summed E-state index contributed by atoms with van der Waals surface area (Å²) in [5, 5.41) is 0.652. The number of ether oxygens (including phenoxy) is 4. The quantitative estimate of drug-likeness (QED) is 0.296. The molecule has 1 unspecified atom stereocenters. The van der Waals surface area contributed by atoms with Gasteiger partial charge in [-0.2, -0.15) is 0 Å². The van der Waals surface area contributed by atoms with Crippen LogP contribution in [-0.2, 0) is 25.6 Å². The van der Waals surface area contributed by atoms with Gasteiger partial charge in [0.1, 0.15) is 18.3 Å². The van der Waals surface area contributed by atoms with E-state index >= 15 is 0 Å². The molecule has 2 aromatic rings. The smallest absolute Gasteiger partial charge is 0.338 e. The van der Waals surface area contributed by atoms with E-state index in [4.69, 9.17) is 30.5 Å². The highest BCUT2D eigenvalue weighted by atomic mass is 35.5. The molecule has 0 aromatic heterocycles. The molecule has 0 bridgehead atoms. The maximum absolute atomic E-state index is 12.6. The largest absolute Gasteiger partial charge is 0.456 e. The molecule has 0 N–H and O–H groups in total. The fraction of sp³-hybridized carbons (Fsp3) is 0.500. The molecule has 1 fully saturated rings. The highest BCUT2D eigenvalue weighted by molar-refractivity contribution is 6.31. The summed E-state index contributed by atoms with van der Waals surface area (Å²) in [6.45, 7) is 4.74. The number of halogens is 1. The van der Waals surface area contributed by atoms with E-state index in [1.165, 1.54) is 12.8 Å². The SMILES string of the molecule is CCCCCC[C@@H]1OC[C@H](OCc2ccccc2Cl)[C@@H](C(C)OC(=O)c2ccccc2)O1. The number of esters is 1. The van der Waals surface area contributed by atoms with Gasteiger partial charge in [-0.3, -0.25) is 0 Å². The van der Waals surface area contributed by atoms with Gasteiger partial charge in [-0.1, -0.05) is 74.2 Å². The van der Waals surface area contributed by atoms with Crippen LogP contribution in [0, 0.1) is 0 Å². The normalized spacial score (nSPS) is 21.8. The molecule has 32 heavy (non-hydrogen) atoms. The molecular formula is C26H33ClO5. The Balaban J connectivity index is 1.64. The summed E-state index contributed by atoms with van der Waals surface area (Å²) in [5.74, 6) is -0.377. The van der Waals surface area contributed by atoms with E-state index in [1.807, 2.05) is 49.4 Å². The van der Waals surface area contributed by atoms with Gasteiger partial charge in [0.15, 0.2) is 6.29 Å². The Morgan fingerprint density at radius 3 is 2.59 bits per heavy atom. The third-order valence-corrected chi connectivity index (χ3v) is 5.96. The van der Waals surface area contributed by atoms with Crippen LogP contribution in [0.5, 0.6) is 0 Å². The van der Waals surface area contributed by atoms with Crippen molar-refractivity contribution in [2.45, 2.75) is 77.2 Å². The van der Waals surface area contributed by atoms with Gasteiger partial charge in [-0.25, -0.2) is 4.79 Å². The van der Waals surface area contributed by atoms with E-state index < -0.39 is 12.2 Å². The number of unbranched alkanes of at least 4 members (excludes halogenated alkanes) is 3. The molecule has 0 saturated carbocycles. The average molecular weight is 461 g/mol. The summed E-state index contributed by atoms with van der Waals surface area (Å²) in [5.41, 5.74) is 1.40. The molecule has 0 amide bonds. The number of hydrogen-bond acceptors (Lipinski definition) is 5. The van der Waals surface area contributed by atoms with Crippen LogP contribution in [0.3, 0.4) is 0 Å². The van der Waals surface area contributed by atoms with E-state index in [0.29, 0.717) is 23.8 Å². The summed E-state index contributed by atoms with van der Waals surface area (Å²) in [7, 11) is 0. The first-order valence-corrected chi connectivity index (χ1v) is 11.8. The lowest BCUT2D eigenvalue weighted by atomic mass is 10.1. The molecular weight excluding hydrogens is 428 g/mol. The molecule has 1 aliphatic heterocycles. The Bertz CT molecular complexity index is 828. The predicted octanol–water partition coefficient (Wildman–Crippen LogP) is 6.18. The molecule has 174 valence electrons. The average Bonchev–Trinajstić information content (AvgIpc) is 2.82. The van der Waals surface area contributed by atoms with E-state index in [0.717, 1.165) is 24.8 Å². The molecule has 4 atom stereocenters. The lowest BCUT2D eigenvalue weighted by molar-refractivity contribution is -0.281. The second-order valence-corrected chi connectivity index (χ2v) is 8.54. The Labute approximate surface area is 196 Å². The van der Waals surface area contributed by atoms with Crippen LogP contribution in [0.25, 0.3) is 0 Å². The topological polar surface area (TPSA) is 54.0 Å². The highest BCUT2D eigenvalue weighted by Crippen LogP contribution is 2.26. The van der Waals surface area contributed by atoms with Crippen molar-refractivity contribution in [1.29, 1.82) is 0 Å². The van der Waals surface area contributed by atoms with E-state index in [9.17, 15) is 4.79 Å². The first-order chi connectivity index (χ1) is 15.6. The fourth-order valence-corrected chi connectivity index (χ4v) is 3.92. The van der Waals surface area contributed by atoms with Gasteiger partial charge in [0.05, 0.1) is 18.8 Å². The van der Waals surface area contributed by atoms with Crippen molar-refractivity contribution in [2.75, 3.05) is 6.61 Å². The Morgan fingerprint density at radius 2 is 1.84 bits per heavy atom. The number of hydrogen-bond donors (Lipinski definition) is 0. The Morgan fingerprint density at radius 1 is 1.09 bits per heavy atom. The lowest BCUT2D eigenvalue weighted by Gasteiger charge is -2.39. The van der Waals surface area contributed by atoms with Crippen LogP contribution in [0.15, 0.2) is 54.6 Å². The number of rotatable bonds is 11. The fourth-order valence-electron chi connectivity index (χ4n) is 3.73. The Kier molecular flexibility index (Phi) is 10.0. The zero-order chi connectivity index (χ0) is 22.8. The van der Waals surface area contributed by atoms with Crippen LogP contribution in [0.4, 0.5) is 0 Å². The molecule has 2 aromatic carbocycles. The van der Waals surface area contributed by atoms with Gasteiger partial charge < -0.3 is 18.9 Å². The summed E-state index contributed by atoms with van der Waals surface area (Å²) in [6.07, 6.45) is 3.74. The van der Waals surface area contributed by atoms with Crippen molar-refractivity contribution in [2.24, 2.45) is 0 Å². The second-order valence-electron chi connectivity index (χ2n) is 8.13. The molecule has 5 nitrogen and oxygen atoms in total. The third-order valence-electron chi connectivity index (χ3n) is 5.59. The molecule has 0 radical (unpaired) electrons. The zero-order valence-electron chi connectivity index (χ0n) is 18.9. The Hall–Kier alpha value is -1.92. The summed E-state index contributed by atoms with van der Waals surface area (Å²) < 4.78 is 24.1. The van der Waals surface area contributed by atoms with Gasteiger partial charge in [0.25, 0.3) is 0 Å². The highest BCUT2D eigenvalue weighted by Gasteiger charge is 2.38. The van der Waals surface area contributed by atoms with Crippen molar-refractivity contribution in [3.63, 3.8) is 0 Å². The van der Waals surface area contributed by atoms with Gasteiger partial charge in [0, 0.05) is 5.02 Å². The third kappa shape index (κ3) is 7.31. The number of carbonyl (C=O) groups excluding carboxylic acids is 1. The minimum absolute atomic E-state index is 0.324. The van der Waals surface area contributed by atoms with Crippen molar-refractivity contribution in [1.82, 2.24) is 0 Å². The molecule has 0 spiro atoms. The summed E-state index contributed by atoms with van der Waals surface area (Å²) >= 11 is 6.27. The number of benzene rings is 2. The van der Waals surface area contributed by atoms with Crippen molar-refractivity contribution in [3.05, 3.63) is 70.7 Å². The lowest BCUT2D eigenvalue weighted by Crippen LogP contribution is -2.51. The van der Waals surface area contributed by atoms with Crippen molar-refractivity contribution >= 4 is 17.6 Å². The maximum atomic E-state index is 12.6. The van der Waals surface area contributed by atoms with Gasteiger partial charge in [-0.05, 0) is 43.5 Å². The standard InChI is InChI=1S/C26H33ClO5/c1-3-4-5-9-16-24-30-18-23(29-17-21-14-10-11-15-22(21)27)25(32-24)19(2)31-26(28)20-12-7-6-8-13-20/h6-8,10-15,19,23-25H,3-5,9,16-18H2,1-2H3/t19?,23-,24+,25+/m0/s1. The molecule has 1 aliphatic rings. The van der Waals surface area contributed by atoms with Crippen LogP contribution in [-0.4, -0.2) is 37.2 Å². The maximum Gasteiger partial charge on any atom is 0.338 e. The molecule has 1 heterocycles. The van der Waals surface area contributed by atoms with Gasteiger partial charge in [-0.15, -0.1) is 0 Å². The molecule has 1 saturated heterocycles. The van der Waals surface area contributed by atoms with Gasteiger partial charge >= 0.3 is 5.97 Å². The van der Waals surface area contributed by atoms with Crippen molar-refractivity contribution < 1.29 is 23.7 Å². The van der Waals surface area contributed by atoms with Crippen LogP contribution < -0.4 is 0 Å². The van der Waals surface area contributed by atoms with E-state index in [1.54, 1.807) is 12.1 Å². The first kappa shape index (κ1) is 24.7. The number of carbonyl (C=O) groups is 1. The second kappa shape index (κ2) is 12.9. The zero-order valence-corrected chi connectivity index (χ0v) is 19.6. The van der Waals surface area contributed by atoms with Crippen LogP contribution >= 0.6 is 11.6 Å². The monoisotopic (exact) mass is 460 g/mol. The van der Waals surface area contributed by atoms with E-state index in [-0.39, 0.29) is 18.4 Å².